The normalized spacial score (nSPS) is 34.4. The third-order valence-corrected chi connectivity index (χ3v) is 3.42. The van der Waals surface area contributed by atoms with Crippen molar-refractivity contribution in [1.82, 2.24) is 10.2 Å². The molecule has 4 heteroatoms. The molecule has 1 unspecified atom stereocenters. The summed E-state index contributed by atoms with van der Waals surface area (Å²) in [4.78, 5) is 13.0. The van der Waals surface area contributed by atoms with Gasteiger partial charge in [0, 0.05) is 19.6 Å². The maximum atomic E-state index is 10.7. The minimum absolute atomic E-state index is 0.234. The Bertz CT molecular complexity index is 220. The number of hydrogen-bond acceptors (Lipinski definition) is 3. The number of carbonyl (C=O) groups is 1. The van der Waals surface area contributed by atoms with Crippen molar-refractivity contribution in [2.75, 3.05) is 32.7 Å². The molecule has 0 aromatic carbocycles. The van der Waals surface area contributed by atoms with Gasteiger partial charge < -0.3 is 15.3 Å². The van der Waals surface area contributed by atoms with Gasteiger partial charge in [-0.2, -0.15) is 0 Å². The van der Waals surface area contributed by atoms with Crippen LogP contribution in [0.15, 0.2) is 0 Å². The zero-order valence-electron chi connectivity index (χ0n) is 8.57. The Morgan fingerprint density at radius 2 is 2.07 bits per heavy atom. The Hall–Kier alpha value is -0.610. The van der Waals surface area contributed by atoms with E-state index in [1.54, 1.807) is 6.92 Å². The van der Waals surface area contributed by atoms with Gasteiger partial charge in [-0.15, -0.1) is 0 Å². The van der Waals surface area contributed by atoms with Gasteiger partial charge in [-0.1, -0.05) is 6.92 Å². The Balaban J connectivity index is 1.81. The van der Waals surface area contributed by atoms with Crippen molar-refractivity contribution >= 4 is 5.97 Å². The zero-order valence-corrected chi connectivity index (χ0v) is 8.57. The number of aliphatic carboxylic acids is 1. The highest BCUT2D eigenvalue weighted by Gasteiger charge is 2.36. The summed E-state index contributed by atoms with van der Waals surface area (Å²) in [6.45, 7) is 6.88. The van der Waals surface area contributed by atoms with Gasteiger partial charge >= 0.3 is 5.97 Å². The van der Waals surface area contributed by atoms with Gasteiger partial charge in [-0.25, -0.2) is 0 Å². The van der Waals surface area contributed by atoms with Crippen LogP contribution in [0.25, 0.3) is 0 Å². The minimum atomic E-state index is -0.680. The fraction of sp³-hybridized carbons (Fsp3) is 0.900. The first-order valence-electron chi connectivity index (χ1n) is 5.32. The van der Waals surface area contributed by atoms with E-state index in [4.69, 9.17) is 5.11 Å². The van der Waals surface area contributed by atoms with E-state index in [0.29, 0.717) is 6.54 Å². The third kappa shape index (κ3) is 1.91. The zero-order chi connectivity index (χ0) is 10.1. The average Bonchev–Trinajstić information content (AvgIpc) is 2.63. The molecule has 0 aromatic rings. The molecule has 0 amide bonds. The topological polar surface area (TPSA) is 52.6 Å². The van der Waals surface area contributed by atoms with Crippen molar-refractivity contribution in [3.05, 3.63) is 0 Å². The highest BCUT2D eigenvalue weighted by molar-refractivity contribution is 5.69. The van der Waals surface area contributed by atoms with Crippen LogP contribution in [0, 0.1) is 17.8 Å². The Morgan fingerprint density at radius 1 is 1.50 bits per heavy atom. The Morgan fingerprint density at radius 3 is 2.57 bits per heavy atom. The highest BCUT2D eigenvalue weighted by atomic mass is 16.4. The van der Waals surface area contributed by atoms with E-state index in [1.807, 2.05) is 0 Å². The molecule has 80 valence electrons. The maximum Gasteiger partial charge on any atom is 0.307 e. The second-order valence-corrected chi connectivity index (χ2v) is 4.64. The summed E-state index contributed by atoms with van der Waals surface area (Å²) in [6.07, 6.45) is 0. The molecule has 2 saturated heterocycles. The first-order chi connectivity index (χ1) is 6.66. The summed E-state index contributed by atoms with van der Waals surface area (Å²) in [5.74, 6) is 0.606. The summed E-state index contributed by atoms with van der Waals surface area (Å²) in [6, 6.07) is 0. The van der Waals surface area contributed by atoms with Crippen LogP contribution in [-0.2, 0) is 4.79 Å². The number of likely N-dealkylation sites (tertiary alicyclic amines) is 1. The molecule has 2 aliphatic heterocycles. The van der Waals surface area contributed by atoms with Crippen molar-refractivity contribution in [2.45, 2.75) is 6.92 Å². The summed E-state index contributed by atoms with van der Waals surface area (Å²) >= 11 is 0. The van der Waals surface area contributed by atoms with Crippen LogP contribution in [0.1, 0.15) is 6.92 Å². The second kappa shape index (κ2) is 3.87. The van der Waals surface area contributed by atoms with Gasteiger partial charge in [0.1, 0.15) is 0 Å². The van der Waals surface area contributed by atoms with Crippen LogP contribution in [0.3, 0.4) is 0 Å². The molecule has 4 nitrogen and oxygen atoms in total. The molecule has 2 rings (SSSR count). The summed E-state index contributed by atoms with van der Waals surface area (Å²) in [7, 11) is 0. The van der Waals surface area contributed by atoms with Crippen molar-refractivity contribution in [3.8, 4) is 0 Å². The van der Waals surface area contributed by atoms with Crippen molar-refractivity contribution in [1.29, 1.82) is 0 Å². The molecule has 14 heavy (non-hydrogen) atoms. The molecular weight excluding hydrogens is 180 g/mol. The molecule has 2 heterocycles. The maximum absolute atomic E-state index is 10.7. The lowest BCUT2D eigenvalue weighted by atomic mass is 10.0. The van der Waals surface area contributed by atoms with Gasteiger partial charge in [0.05, 0.1) is 5.92 Å². The number of carboxylic acid groups (broad SMARTS) is 1. The quantitative estimate of drug-likeness (QED) is 0.662. The lowest BCUT2D eigenvalue weighted by Gasteiger charge is -2.19. The first-order valence-corrected chi connectivity index (χ1v) is 5.32. The number of hydrogen-bond donors (Lipinski definition) is 2. The highest BCUT2D eigenvalue weighted by Crippen LogP contribution is 2.26. The number of fused-ring (bicyclic) bond motifs is 1. The van der Waals surface area contributed by atoms with Gasteiger partial charge in [0.2, 0.25) is 0 Å². The number of rotatable bonds is 3. The molecule has 2 aliphatic rings. The SMILES string of the molecule is CC(CN1C[C@H]2CNC[C@H]2C1)C(=O)O. The van der Waals surface area contributed by atoms with Gasteiger partial charge in [-0.3, -0.25) is 4.79 Å². The molecule has 2 fully saturated rings. The van der Waals surface area contributed by atoms with E-state index < -0.39 is 5.97 Å². The summed E-state index contributed by atoms with van der Waals surface area (Å²) < 4.78 is 0. The predicted molar refractivity (Wildman–Crippen MR) is 53.1 cm³/mol. The van der Waals surface area contributed by atoms with Crippen molar-refractivity contribution < 1.29 is 9.90 Å². The van der Waals surface area contributed by atoms with Crippen LogP contribution in [0.5, 0.6) is 0 Å². The van der Waals surface area contributed by atoms with Crippen LogP contribution >= 0.6 is 0 Å². The number of carboxylic acids is 1. The fourth-order valence-corrected chi connectivity index (χ4v) is 2.57. The van der Waals surface area contributed by atoms with Crippen molar-refractivity contribution in [3.63, 3.8) is 0 Å². The van der Waals surface area contributed by atoms with Crippen LogP contribution in [-0.4, -0.2) is 48.7 Å². The van der Waals surface area contributed by atoms with E-state index in [2.05, 4.69) is 10.2 Å². The van der Waals surface area contributed by atoms with Crippen LogP contribution < -0.4 is 5.32 Å². The van der Waals surface area contributed by atoms with Crippen LogP contribution in [0.2, 0.25) is 0 Å². The Labute approximate surface area is 84.3 Å². The molecule has 0 bridgehead atoms. The van der Waals surface area contributed by atoms with Crippen LogP contribution in [0.4, 0.5) is 0 Å². The molecular formula is C10H18N2O2. The molecule has 0 aliphatic carbocycles. The molecule has 2 N–H and O–H groups in total. The van der Waals surface area contributed by atoms with E-state index in [9.17, 15) is 4.79 Å². The second-order valence-electron chi connectivity index (χ2n) is 4.64. The average molecular weight is 198 g/mol. The monoisotopic (exact) mass is 198 g/mol. The minimum Gasteiger partial charge on any atom is -0.481 e. The molecule has 0 saturated carbocycles. The predicted octanol–water partition coefficient (Wildman–Crippen LogP) is -0.142. The summed E-state index contributed by atoms with van der Waals surface area (Å²) in [5, 5.41) is 12.2. The van der Waals surface area contributed by atoms with Gasteiger partial charge in [0.25, 0.3) is 0 Å². The largest absolute Gasteiger partial charge is 0.481 e. The molecule has 3 atom stereocenters. The number of nitrogens with one attached hydrogen (secondary N) is 1. The van der Waals surface area contributed by atoms with E-state index in [0.717, 1.165) is 38.0 Å². The molecule has 0 aromatic heterocycles. The Kier molecular flexibility index (Phi) is 2.74. The van der Waals surface area contributed by atoms with E-state index in [-0.39, 0.29) is 5.92 Å². The first kappa shape index (κ1) is 9.93. The summed E-state index contributed by atoms with van der Waals surface area (Å²) in [5.41, 5.74) is 0. The molecule has 0 radical (unpaired) electrons. The van der Waals surface area contributed by atoms with Crippen molar-refractivity contribution in [2.24, 2.45) is 17.8 Å². The third-order valence-electron chi connectivity index (χ3n) is 3.42. The lowest BCUT2D eigenvalue weighted by Crippen LogP contribution is -2.32. The van der Waals surface area contributed by atoms with Gasteiger partial charge in [-0.05, 0) is 24.9 Å². The van der Waals surface area contributed by atoms with E-state index >= 15 is 0 Å². The number of nitrogens with zero attached hydrogens (tertiary/aromatic N) is 1. The van der Waals surface area contributed by atoms with Gasteiger partial charge in [0.15, 0.2) is 0 Å². The standard InChI is InChI=1S/C10H18N2O2/c1-7(10(13)14)4-12-5-8-2-11-3-9(8)6-12/h7-9,11H,2-6H2,1H3,(H,13,14)/t7?,8-,9+. The fourth-order valence-electron chi connectivity index (χ4n) is 2.57. The smallest absolute Gasteiger partial charge is 0.307 e. The van der Waals surface area contributed by atoms with E-state index in [1.165, 1.54) is 0 Å². The molecule has 0 spiro atoms. The lowest BCUT2D eigenvalue weighted by molar-refractivity contribution is -0.141.